The van der Waals surface area contributed by atoms with Crippen LogP contribution in [0.5, 0.6) is 0 Å². The van der Waals surface area contributed by atoms with Gasteiger partial charge in [0.1, 0.15) is 6.61 Å². The fourth-order valence-electron chi connectivity index (χ4n) is 0.968. The summed E-state index contributed by atoms with van der Waals surface area (Å²) in [5, 5.41) is 2.72. The van der Waals surface area contributed by atoms with Crippen LogP contribution < -0.4 is 11.1 Å². The van der Waals surface area contributed by atoms with Crippen molar-refractivity contribution in [1.82, 2.24) is 10.3 Å². The second-order valence-electron chi connectivity index (χ2n) is 2.84. The molecule has 0 saturated carbocycles. The standard InChI is InChI=1S/C9H15N3O2/c10-2-4-14-7-9(13)12-6-8-1-3-11-5-8/h1,3,5,11H,2,4,6-7,10H2,(H,12,13). The minimum Gasteiger partial charge on any atom is -0.370 e. The van der Waals surface area contributed by atoms with Crippen LogP contribution in [0.3, 0.4) is 0 Å². The van der Waals surface area contributed by atoms with Gasteiger partial charge in [-0.1, -0.05) is 0 Å². The van der Waals surface area contributed by atoms with Gasteiger partial charge in [-0.2, -0.15) is 0 Å². The Morgan fingerprint density at radius 2 is 2.50 bits per heavy atom. The summed E-state index contributed by atoms with van der Waals surface area (Å²) >= 11 is 0. The average molecular weight is 197 g/mol. The lowest BCUT2D eigenvalue weighted by molar-refractivity contribution is -0.125. The van der Waals surface area contributed by atoms with E-state index in [9.17, 15) is 4.79 Å². The first-order valence-corrected chi connectivity index (χ1v) is 4.49. The monoisotopic (exact) mass is 197 g/mol. The maximum Gasteiger partial charge on any atom is 0.246 e. The Bertz CT molecular complexity index is 259. The Morgan fingerprint density at radius 3 is 3.14 bits per heavy atom. The van der Waals surface area contributed by atoms with E-state index in [-0.39, 0.29) is 12.5 Å². The predicted molar refractivity (Wildman–Crippen MR) is 52.5 cm³/mol. The van der Waals surface area contributed by atoms with Crippen molar-refractivity contribution in [2.75, 3.05) is 19.8 Å². The van der Waals surface area contributed by atoms with Crippen molar-refractivity contribution in [3.05, 3.63) is 24.0 Å². The molecule has 0 aliphatic heterocycles. The van der Waals surface area contributed by atoms with Gasteiger partial charge >= 0.3 is 0 Å². The number of nitrogens with two attached hydrogens (primary N) is 1. The van der Waals surface area contributed by atoms with Crippen molar-refractivity contribution >= 4 is 5.91 Å². The summed E-state index contributed by atoms with van der Waals surface area (Å²) in [5.41, 5.74) is 6.24. The molecule has 1 amide bonds. The lowest BCUT2D eigenvalue weighted by Crippen LogP contribution is -2.27. The molecule has 0 bridgehead atoms. The topological polar surface area (TPSA) is 80.1 Å². The van der Waals surface area contributed by atoms with Gasteiger partial charge in [-0.25, -0.2) is 0 Å². The smallest absolute Gasteiger partial charge is 0.246 e. The van der Waals surface area contributed by atoms with E-state index in [0.717, 1.165) is 5.56 Å². The van der Waals surface area contributed by atoms with Crippen LogP contribution in [-0.2, 0) is 16.1 Å². The molecule has 1 rings (SSSR count). The van der Waals surface area contributed by atoms with Crippen molar-refractivity contribution in [2.24, 2.45) is 5.73 Å². The maximum absolute atomic E-state index is 11.1. The first-order valence-electron chi connectivity index (χ1n) is 4.49. The van der Waals surface area contributed by atoms with Crippen LogP contribution in [0.15, 0.2) is 18.5 Å². The molecule has 5 heteroatoms. The van der Waals surface area contributed by atoms with Gasteiger partial charge in [0.05, 0.1) is 6.61 Å². The second-order valence-corrected chi connectivity index (χ2v) is 2.84. The molecule has 78 valence electrons. The van der Waals surface area contributed by atoms with Gasteiger partial charge in [0.15, 0.2) is 0 Å². The first-order chi connectivity index (χ1) is 6.83. The normalized spacial score (nSPS) is 10.1. The van der Waals surface area contributed by atoms with E-state index in [4.69, 9.17) is 10.5 Å². The third-order valence-electron chi connectivity index (χ3n) is 1.65. The molecule has 0 atom stereocenters. The van der Waals surface area contributed by atoms with Crippen molar-refractivity contribution in [3.63, 3.8) is 0 Å². The Balaban J connectivity index is 2.09. The molecule has 0 aliphatic carbocycles. The number of ether oxygens (including phenoxy) is 1. The number of carbonyl (C=O) groups is 1. The Labute approximate surface area is 82.6 Å². The van der Waals surface area contributed by atoms with E-state index < -0.39 is 0 Å². The highest BCUT2D eigenvalue weighted by molar-refractivity contribution is 5.77. The molecule has 0 aliphatic rings. The Hall–Kier alpha value is -1.33. The van der Waals surface area contributed by atoms with Crippen LogP contribution in [0.4, 0.5) is 0 Å². The minimum atomic E-state index is -0.125. The average Bonchev–Trinajstić information content (AvgIpc) is 2.68. The van der Waals surface area contributed by atoms with Crippen LogP contribution in [0.2, 0.25) is 0 Å². The van der Waals surface area contributed by atoms with Crippen LogP contribution in [0, 0.1) is 0 Å². The minimum absolute atomic E-state index is 0.0711. The van der Waals surface area contributed by atoms with Crippen LogP contribution in [0.25, 0.3) is 0 Å². The quantitative estimate of drug-likeness (QED) is 0.543. The van der Waals surface area contributed by atoms with Gasteiger partial charge in [0.2, 0.25) is 5.91 Å². The number of hydrogen-bond acceptors (Lipinski definition) is 3. The molecule has 5 nitrogen and oxygen atoms in total. The third kappa shape index (κ3) is 4.06. The van der Waals surface area contributed by atoms with Gasteiger partial charge < -0.3 is 20.8 Å². The largest absolute Gasteiger partial charge is 0.370 e. The molecule has 4 N–H and O–H groups in total. The lowest BCUT2D eigenvalue weighted by Gasteiger charge is -2.03. The van der Waals surface area contributed by atoms with E-state index in [1.807, 2.05) is 18.5 Å². The first kappa shape index (κ1) is 10.7. The molecule has 1 aromatic heterocycles. The van der Waals surface area contributed by atoms with Gasteiger partial charge in [-0.15, -0.1) is 0 Å². The molecule has 0 spiro atoms. The highest BCUT2D eigenvalue weighted by Gasteiger charge is 2.00. The van der Waals surface area contributed by atoms with Crippen LogP contribution in [0.1, 0.15) is 5.56 Å². The third-order valence-corrected chi connectivity index (χ3v) is 1.65. The summed E-state index contributed by atoms with van der Waals surface area (Å²) in [5.74, 6) is -0.125. The number of H-pyrrole nitrogens is 1. The number of carbonyl (C=O) groups excluding carboxylic acids is 1. The van der Waals surface area contributed by atoms with Crippen molar-refractivity contribution < 1.29 is 9.53 Å². The molecule has 0 unspecified atom stereocenters. The fourth-order valence-corrected chi connectivity index (χ4v) is 0.968. The number of rotatable bonds is 6. The molecule has 0 radical (unpaired) electrons. The highest BCUT2D eigenvalue weighted by Crippen LogP contribution is 1.94. The predicted octanol–water partition coefficient (Wildman–Crippen LogP) is -0.394. The SMILES string of the molecule is NCCOCC(=O)NCc1cc[nH]c1. The van der Waals surface area contributed by atoms with E-state index in [2.05, 4.69) is 10.3 Å². The summed E-state index contributed by atoms with van der Waals surface area (Å²) in [6.45, 7) is 1.44. The molecule has 0 saturated heterocycles. The van der Waals surface area contributed by atoms with Crippen molar-refractivity contribution in [1.29, 1.82) is 0 Å². The number of amides is 1. The zero-order chi connectivity index (χ0) is 10.2. The van der Waals surface area contributed by atoms with Crippen molar-refractivity contribution in [3.8, 4) is 0 Å². The van der Waals surface area contributed by atoms with Gasteiger partial charge in [-0.3, -0.25) is 4.79 Å². The summed E-state index contributed by atoms with van der Waals surface area (Å²) in [4.78, 5) is 14.0. The van der Waals surface area contributed by atoms with E-state index in [1.165, 1.54) is 0 Å². The van der Waals surface area contributed by atoms with E-state index in [1.54, 1.807) is 0 Å². The number of aromatic nitrogens is 1. The van der Waals surface area contributed by atoms with Gasteiger partial charge in [0, 0.05) is 25.5 Å². The lowest BCUT2D eigenvalue weighted by atomic mass is 10.3. The molecule has 14 heavy (non-hydrogen) atoms. The highest BCUT2D eigenvalue weighted by atomic mass is 16.5. The van der Waals surface area contributed by atoms with Crippen LogP contribution >= 0.6 is 0 Å². The summed E-state index contributed by atoms with van der Waals surface area (Å²) < 4.78 is 4.97. The molecular formula is C9H15N3O2. The number of hydrogen-bond donors (Lipinski definition) is 3. The number of aromatic amines is 1. The van der Waals surface area contributed by atoms with Gasteiger partial charge in [0.25, 0.3) is 0 Å². The molecule has 0 fully saturated rings. The molecule has 0 aromatic carbocycles. The Morgan fingerprint density at radius 1 is 1.64 bits per heavy atom. The molecular weight excluding hydrogens is 182 g/mol. The zero-order valence-electron chi connectivity index (χ0n) is 7.95. The maximum atomic E-state index is 11.1. The molecule has 1 aromatic rings. The zero-order valence-corrected chi connectivity index (χ0v) is 7.95. The van der Waals surface area contributed by atoms with Crippen LogP contribution in [-0.4, -0.2) is 30.6 Å². The Kier molecular flexibility index (Phi) is 4.74. The van der Waals surface area contributed by atoms with Gasteiger partial charge in [-0.05, 0) is 11.6 Å². The van der Waals surface area contributed by atoms with E-state index >= 15 is 0 Å². The summed E-state index contributed by atoms with van der Waals surface area (Å²) in [7, 11) is 0. The second kappa shape index (κ2) is 6.17. The summed E-state index contributed by atoms with van der Waals surface area (Å²) in [6.07, 6.45) is 3.65. The van der Waals surface area contributed by atoms with Crippen molar-refractivity contribution in [2.45, 2.75) is 6.54 Å². The number of nitrogens with one attached hydrogen (secondary N) is 2. The summed E-state index contributed by atoms with van der Waals surface area (Å²) in [6, 6.07) is 1.90. The molecule has 1 heterocycles. The van der Waals surface area contributed by atoms with E-state index in [0.29, 0.717) is 19.7 Å². The fraction of sp³-hybridized carbons (Fsp3) is 0.444.